The lowest BCUT2D eigenvalue weighted by Gasteiger charge is -2.38. The number of fused-ring (bicyclic) bond motifs is 2. The molecule has 1 aromatic carbocycles. The molecule has 0 saturated carbocycles. The number of amides is 2. The van der Waals surface area contributed by atoms with Crippen LogP contribution in [-0.2, 0) is 9.53 Å². The van der Waals surface area contributed by atoms with Crippen molar-refractivity contribution in [2.75, 3.05) is 24.5 Å². The molecule has 0 radical (unpaired) electrons. The van der Waals surface area contributed by atoms with Crippen LogP contribution in [0.15, 0.2) is 36.5 Å². The van der Waals surface area contributed by atoms with Crippen LogP contribution in [0.2, 0.25) is 0 Å². The lowest BCUT2D eigenvalue weighted by atomic mass is 10.1. The summed E-state index contributed by atoms with van der Waals surface area (Å²) in [6, 6.07) is 10.5. The van der Waals surface area contributed by atoms with Gasteiger partial charge < -0.3 is 19.9 Å². The fourth-order valence-electron chi connectivity index (χ4n) is 5.53. The molecule has 9 heteroatoms. The highest BCUT2D eigenvalue weighted by Crippen LogP contribution is 2.37. The van der Waals surface area contributed by atoms with Gasteiger partial charge in [0, 0.05) is 31.0 Å². The highest BCUT2D eigenvalue weighted by molar-refractivity contribution is 6.01. The van der Waals surface area contributed by atoms with Gasteiger partial charge in [0.2, 0.25) is 5.91 Å². The number of likely N-dealkylation sites (tertiary alicyclic amines) is 2. The minimum Gasteiger partial charge on any atom is -0.444 e. The van der Waals surface area contributed by atoms with Crippen molar-refractivity contribution in [3.63, 3.8) is 0 Å². The van der Waals surface area contributed by atoms with E-state index in [4.69, 9.17) is 4.74 Å². The van der Waals surface area contributed by atoms with Gasteiger partial charge in [0.1, 0.15) is 11.6 Å². The number of carbonyl (C=O) groups excluding carboxylic acids is 2. The first kappa shape index (κ1) is 25.5. The highest BCUT2D eigenvalue weighted by atomic mass is 16.6. The molecule has 3 aliphatic heterocycles. The Morgan fingerprint density at radius 2 is 2.03 bits per heavy atom. The number of nitrogens with one attached hydrogen (secondary N) is 1. The summed E-state index contributed by atoms with van der Waals surface area (Å²) in [7, 11) is 0. The molecule has 9 nitrogen and oxygen atoms in total. The van der Waals surface area contributed by atoms with E-state index in [2.05, 4.69) is 35.9 Å². The Bertz CT molecular complexity index is 1130. The van der Waals surface area contributed by atoms with Crippen molar-refractivity contribution in [1.82, 2.24) is 15.1 Å². The maximum atomic E-state index is 13.3. The number of nitriles is 2. The van der Waals surface area contributed by atoms with Gasteiger partial charge >= 0.3 is 6.09 Å². The second-order valence-electron chi connectivity index (χ2n) is 11.1. The van der Waals surface area contributed by atoms with Gasteiger partial charge in [-0.25, -0.2) is 4.79 Å². The van der Waals surface area contributed by atoms with Crippen molar-refractivity contribution in [1.29, 1.82) is 10.5 Å². The Labute approximate surface area is 212 Å². The number of hydrogen-bond donors (Lipinski definition) is 1. The minimum atomic E-state index is -0.658. The molecule has 1 N–H and O–H groups in total. The SMILES string of the molecule is C=C(C(CN1C[C@@H]2CC1C(=O)N2c1cccc(C#N)c1)NC(=O)OC(C)(C)C)N1CC(C)CC1C#N. The molecule has 1 aromatic rings. The van der Waals surface area contributed by atoms with Crippen molar-refractivity contribution in [3.05, 3.63) is 42.1 Å². The number of hydrogen-bond acceptors (Lipinski definition) is 7. The van der Waals surface area contributed by atoms with Crippen LogP contribution in [0.3, 0.4) is 0 Å². The van der Waals surface area contributed by atoms with Gasteiger partial charge in [-0.05, 0) is 57.7 Å². The van der Waals surface area contributed by atoms with E-state index in [-0.39, 0.29) is 24.0 Å². The number of piperazine rings is 1. The van der Waals surface area contributed by atoms with Gasteiger partial charge in [0.25, 0.3) is 0 Å². The van der Waals surface area contributed by atoms with Gasteiger partial charge in [-0.3, -0.25) is 9.69 Å². The Balaban J connectivity index is 1.51. The summed E-state index contributed by atoms with van der Waals surface area (Å²) in [5.41, 5.74) is 1.26. The Hall–Kier alpha value is -3.56. The molecular weight excluding hydrogens is 456 g/mol. The van der Waals surface area contributed by atoms with Crippen molar-refractivity contribution >= 4 is 17.7 Å². The number of anilines is 1. The maximum Gasteiger partial charge on any atom is 0.408 e. The summed E-state index contributed by atoms with van der Waals surface area (Å²) in [4.78, 5) is 31.9. The van der Waals surface area contributed by atoms with E-state index in [1.165, 1.54) is 0 Å². The van der Waals surface area contributed by atoms with Crippen molar-refractivity contribution in [2.24, 2.45) is 5.92 Å². The van der Waals surface area contributed by atoms with Crippen molar-refractivity contribution in [2.45, 2.75) is 70.3 Å². The Morgan fingerprint density at radius 1 is 1.28 bits per heavy atom. The molecule has 3 saturated heterocycles. The largest absolute Gasteiger partial charge is 0.444 e. The molecule has 0 spiro atoms. The van der Waals surface area contributed by atoms with Crippen LogP contribution >= 0.6 is 0 Å². The molecular formula is C27H34N6O3. The first-order valence-corrected chi connectivity index (χ1v) is 12.4. The number of carbonyl (C=O) groups is 2. The average molecular weight is 491 g/mol. The second-order valence-corrected chi connectivity index (χ2v) is 11.1. The van der Waals surface area contributed by atoms with Crippen LogP contribution in [-0.4, -0.2) is 71.2 Å². The first-order valence-electron chi connectivity index (χ1n) is 12.4. The lowest BCUT2D eigenvalue weighted by molar-refractivity contribution is -0.122. The van der Waals surface area contributed by atoms with E-state index in [0.717, 1.165) is 12.1 Å². The third-order valence-electron chi connectivity index (χ3n) is 7.06. The molecule has 3 heterocycles. The monoisotopic (exact) mass is 490 g/mol. The quantitative estimate of drug-likeness (QED) is 0.652. The van der Waals surface area contributed by atoms with E-state index in [9.17, 15) is 20.1 Å². The van der Waals surface area contributed by atoms with E-state index in [0.29, 0.717) is 43.2 Å². The molecule has 36 heavy (non-hydrogen) atoms. The highest BCUT2D eigenvalue weighted by Gasteiger charge is 2.51. The molecule has 190 valence electrons. The summed E-state index contributed by atoms with van der Waals surface area (Å²) in [6.45, 7) is 13.5. The zero-order valence-electron chi connectivity index (χ0n) is 21.4. The summed E-state index contributed by atoms with van der Waals surface area (Å²) < 4.78 is 5.50. The summed E-state index contributed by atoms with van der Waals surface area (Å²) in [5, 5.41) is 21.9. The molecule has 0 aromatic heterocycles. The summed E-state index contributed by atoms with van der Waals surface area (Å²) in [5.74, 6) is 0.336. The smallest absolute Gasteiger partial charge is 0.408 e. The van der Waals surface area contributed by atoms with Gasteiger partial charge in [-0.15, -0.1) is 0 Å². The molecule has 3 aliphatic rings. The minimum absolute atomic E-state index is 0.00679. The van der Waals surface area contributed by atoms with Gasteiger partial charge in [-0.1, -0.05) is 19.6 Å². The zero-order chi connectivity index (χ0) is 26.2. The van der Waals surface area contributed by atoms with Crippen molar-refractivity contribution < 1.29 is 14.3 Å². The molecule has 2 amide bonds. The fourth-order valence-corrected chi connectivity index (χ4v) is 5.53. The number of rotatable bonds is 6. The molecule has 4 rings (SSSR count). The normalized spacial score (nSPS) is 26.4. The average Bonchev–Trinajstić information content (AvgIpc) is 3.49. The van der Waals surface area contributed by atoms with Crippen molar-refractivity contribution in [3.8, 4) is 12.1 Å². The molecule has 5 atom stereocenters. The molecule has 2 bridgehead atoms. The van der Waals surface area contributed by atoms with Crippen LogP contribution in [0.4, 0.5) is 10.5 Å². The standard InChI is InChI=1S/C27H34N6O3/c1-17-9-21(13-29)32(14-17)18(2)23(30-26(35)36-27(3,4)5)16-31-15-22-11-24(31)25(34)33(22)20-8-6-7-19(10-20)12-28/h6-8,10,17,21-24H,2,9,11,14-16H2,1,3-5H3,(H,30,35)/t17?,21?,22-,23?,24?/m0/s1. The third-order valence-corrected chi connectivity index (χ3v) is 7.06. The lowest BCUT2D eigenvalue weighted by Crippen LogP contribution is -2.56. The predicted octanol–water partition coefficient (Wildman–Crippen LogP) is 2.99. The van der Waals surface area contributed by atoms with Crippen LogP contribution in [0.5, 0.6) is 0 Å². The number of alkyl carbamates (subject to hydrolysis) is 1. The summed E-state index contributed by atoms with van der Waals surface area (Å²) in [6.07, 6.45) is 0.876. The fraction of sp³-hybridized carbons (Fsp3) is 0.556. The van der Waals surface area contributed by atoms with E-state index in [1.54, 1.807) is 43.9 Å². The van der Waals surface area contributed by atoms with Gasteiger partial charge in [0.15, 0.2) is 0 Å². The predicted molar refractivity (Wildman–Crippen MR) is 135 cm³/mol. The van der Waals surface area contributed by atoms with Gasteiger partial charge in [0.05, 0.1) is 35.8 Å². The van der Waals surface area contributed by atoms with Crippen LogP contribution < -0.4 is 10.2 Å². The maximum absolute atomic E-state index is 13.3. The molecule has 0 aliphatic carbocycles. The first-order chi connectivity index (χ1) is 17.0. The van der Waals surface area contributed by atoms with E-state index in [1.807, 2.05) is 11.0 Å². The molecule has 3 fully saturated rings. The van der Waals surface area contributed by atoms with Crippen LogP contribution in [0.25, 0.3) is 0 Å². The number of nitrogens with zero attached hydrogens (tertiary/aromatic N) is 5. The number of benzene rings is 1. The van der Waals surface area contributed by atoms with Gasteiger partial charge in [-0.2, -0.15) is 10.5 Å². The molecule has 4 unspecified atom stereocenters. The third kappa shape index (κ3) is 5.17. The Morgan fingerprint density at radius 3 is 2.67 bits per heavy atom. The topological polar surface area (TPSA) is 113 Å². The van der Waals surface area contributed by atoms with Crippen LogP contribution in [0.1, 0.15) is 46.1 Å². The van der Waals surface area contributed by atoms with E-state index >= 15 is 0 Å². The van der Waals surface area contributed by atoms with Crippen LogP contribution in [0, 0.1) is 28.6 Å². The second kappa shape index (κ2) is 9.83. The van der Waals surface area contributed by atoms with E-state index < -0.39 is 17.7 Å². The number of ether oxygens (including phenoxy) is 1. The summed E-state index contributed by atoms with van der Waals surface area (Å²) >= 11 is 0. The Kier molecular flexibility index (Phi) is 6.97. The zero-order valence-corrected chi connectivity index (χ0v) is 21.4.